The highest BCUT2D eigenvalue weighted by molar-refractivity contribution is 9.11. The first-order chi connectivity index (χ1) is 15.5. The highest BCUT2D eigenvalue weighted by Crippen LogP contribution is 2.36. The van der Waals surface area contributed by atoms with Crippen LogP contribution in [0.1, 0.15) is 63.8 Å². The Hall–Kier alpha value is -2.53. The topological polar surface area (TPSA) is 122 Å². The predicted octanol–water partition coefficient (Wildman–Crippen LogP) is 7.48. The maximum Gasteiger partial charge on any atom is 0.508 e. The molecule has 0 bridgehead atoms. The average molecular weight is 602 g/mol. The van der Waals surface area contributed by atoms with Crippen LogP contribution in [0.3, 0.4) is 0 Å². The number of nitrogens with zero attached hydrogens (tertiary/aromatic N) is 2. The molecular weight excluding hydrogens is 576 g/mol. The smallest absolute Gasteiger partial charge is 0.429 e. The Balaban J connectivity index is 2.24. The molecule has 2 aromatic carbocycles. The number of carbonyl (C=O) groups excluding carboxylic acids is 1. The molecule has 0 atom stereocenters. The number of ether oxygens (including phenoxy) is 2. The number of hydrogen-bond donors (Lipinski definition) is 0. The predicted molar refractivity (Wildman–Crippen MR) is 134 cm³/mol. The van der Waals surface area contributed by atoms with Crippen LogP contribution >= 0.6 is 31.9 Å². The first-order valence-electron chi connectivity index (χ1n) is 10.3. The molecule has 184 valence electrons. The molecule has 11 heteroatoms. The molecule has 0 fully saturated rings. The molecule has 0 heterocycles. The Morgan fingerprint density at radius 2 is 1.09 bits per heavy atom. The SMILES string of the molecule is CC(C)(C)c1cc(Br)c([N+](=O)[O-])cc1COC(=O)OCc1cc([N+](=O)[O-])c(Br)cc1C(C)(C)C. The summed E-state index contributed by atoms with van der Waals surface area (Å²) in [5.41, 5.74) is 1.50. The van der Waals surface area contributed by atoms with Gasteiger partial charge in [0.05, 0.1) is 18.8 Å². The van der Waals surface area contributed by atoms with Crippen molar-refractivity contribution in [2.45, 2.75) is 65.6 Å². The van der Waals surface area contributed by atoms with Crippen molar-refractivity contribution in [3.63, 3.8) is 0 Å². The monoisotopic (exact) mass is 600 g/mol. The van der Waals surface area contributed by atoms with Crippen molar-refractivity contribution in [3.05, 3.63) is 75.7 Å². The molecule has 0 saturated carbocycles. The van der Waals surface area contributed by atoms with Crippen LogP contribution in [0.4, 0.5) is 16.2 Å². The van der Waals surface area contributed by atoms with Gasteiger partial charge in [-0.3, -0.25) is 20.2 Å². The summed E-state index contributed by atoms with van der Waals surface area (Å²) in [5, 5.41) is 22.7. The van der Waals surface area contributed by atoms with Gasteiger partial charge in [-0.05, 0) is 65.9 Å². The van der Waals surface area contributed by atoms with E-state index in [9.17, 15) is 25.0 Å². The summed E-state index contributed by atoms with van der Waals surface area (Å²) in [6.45, 7) is 11.2. The molecule has 0 spiro atoms. The quantitative estimate of drug-likeness (QED) is 0.191. The molecule has 0 N–H and O–H groups in total. The third-order valence-corrected chi connectivity index (χ3v) is 6.32. The number of nitro benzene ring substituents is 2. The van der Waals surface area contributed by atoms with E-state index in [0.717, 1.165) is 11.1 Å². The Morgan fingerprint density at radius 1 is 0.765 bits per heavy atom. The Morgan fingerprint density at radius 3 is 1.35 bits per heavy atom. The minimum Gasteiger partial charge on any atom is -0.429 e. The molecule has 0 aromatic heterocycles. The van der Waals surface area contributed by atoms with Crippen molar-refractivity contribution < 1.29 is 24.1 Å². The molecule has 0 radical (unpaired) electrons. The summed E-state index contributed by atoms with van der Waals surface area (Å²) in [6.07, 6.45) is -0.990. The summed E-state index contributed by atoms with van der Waals surface area (Å²) in [6, 6.07) is 6.04. The lowest BCUT2D eigenvalue weighted by Gasteiger charge is -2.24. The van der Waals surface area contributed by atoms with E-state index in [0.29, 0.717) is 20.1 Å². The summed E-state index contributed by atoms with van der Waals surface area (Å²) in [7, 11) is 0. The Labute approximate surface area is 214 Å². The van der Waals surface area contributed by atoms with Gasteiger partial charge in [0.15, 0.2) is 0 Å². The lowest BCUT2D eigenvalue weighted by molar-refractivity contribution is -0.385. The highest BCUT2D eigenvalue weighted by atomic mass is 79.9. The molecule has 9 nitrogen and oxygen atoms in total. The first kappa shape index (κ1) is 27.7. The fraction of sp³-hybridized carbons (Fsp3) is 0.435. The van der Waals surface area contributed by atoms with Gasteiger partial charge in [0.1, 0.15) is 13.2 Å². The van der Waals surface area contributed by atoms with Crippen molar-refractivity contribution in [1.82, 2.24) is 0 Å². The molecule has 2 aromatic rings. The number of carbonyl (C=O) groups is 1. The Kier molecular flexibility index (Phi) is 8.47. The van der Waals surface area contributed by atoms with Gasteiger partial charge in [-0.25, -0.2) is 4.79 Å². The van der Waals surface area contributed by atoms with Gasteiger partial charge >= 0.3 is 6.16 Å². The van der Waals surface area contributed by atoms with Crippen LogP contribution in [0.2, 0.25) is 0 Å². The molecule has 0 aliphatic heterocycles. The fourth-order valence-corrected chi connectivity index (χ4v) is 4.42. The van der Waals surface area contributed by atoms with E-state index < -0.39 is 16.0 Å². The zero-order chi connectivity index (χ0) is 26.0. The van der Waals surface area contributed by atoms with E-state index in [1.54, 1.807) is 12.1 Å². The molecular formula is C23H26Br2N2O7. The minimum absolute atomic E-state index is 0.142. The normalized spacial score (nSPS) is 11.8. The van der Waals surface area contributed by atoms with E-state index in [1.807, 2.05) is 41.5 Å². The standard InChI is InChI=1S/C23H26Br2N2O7/c1-22(2,3)15-9-17(24)19(26(29)30)7-13(15)11-33-21(28)34-12-14-8-20(27(31)32)18(25)10-16(14)23(4,5)6/h7-10H,11-12H2,1-6H3. The number of benzene rings is 2. The van der Waals surface area contributed by atoms with Gasteiger partial charge in [0.25, 0.3) is 11.4 Å². The molecule has 34 heavy (non-hydrogen) atoms. The van der Waals surface area contributed by atoms with Crippen molar-refractivity contribution in [2.75, 3.05) is 0 Å². The average Bonchev–Trinajstić information content (AvgIpc) is 2.69. The summed E-state index contributed by atoms with van der Waals surface area (Å²) >= 11 is 6.45. The Bertz CT molecular complexity index is 1050. The number of rotatable bonds is 6. The van der Waals surface area contributed by atoms with Crippen LogP contribution < -0.4 is 0 Å². The van der Waals surface area contributed by atoms with E-state index in [2.05, 4.69) is 31.9 Å². The van der Waals surface area contributed by atoms with Crippen molar-refractivity contribution in [2.24, 2.45) is 0 Å². The van der Waals surface area contributed by atoms with Gasteiger partial charge in [-0.1, -0.05) is 41.5 Å². The maximum atomic E-state index is 12.4. The van der Waals surface area contributed by atoms with Crippen LogP contribution in [-0.4, -0.2) is 16.0 Å². The van der Waals surface area contributed by atoms with Gasteiger partial charge < -0.3 is 9.47 Å². The maximum absolute atomic E-state index is 12.4. The van der Waals surface area contributed by atoms with E-state index in [4.69, 9.17) is 9.47 Å². The van der Waals surface area contributed by atoms with Gasteiger partial charge in [-0.2, -0.15) is 0 Å². The fourth-order valence-electron chi connectivity index (χ4n) is 3.44. The summed E-state index contributed by atoms with van der Waals surface area (Å²) in [5.74, 6) is 0. The molecule has 0 unspecified atom stereocenters. The molecule has 0 aliphatic carbocycles. The second-order valence-corrected chi connectivity index (χ2v) is 11.5. The number of halogens is 2. The summed E-state index contributed by atoms with van der Waals surface area (Å²) in [4.78, 5) is 34.0. The molecule has 0 amide bonds. The van der Waals surface area contributed by atoms with Crippen LogP contribution in [0.15, 0.2) is 33.2 Å². The third-order valence-electron chi connectivity index (χ3n) is 5.05. The zero-order valence-electron chi connectivity index (χ0n) is 19.7. The van der Waals surface area contributed by atoms with E-state index in [1.165, 1.54) is 12.1 Å². The van der Waals surface area contributed by atoms with Gasteiger partial charge in [0.2, 0.25) is 0 Å². The number of nitro groups is 2. The second-order valence-electron chi connectivity index (χ2n) is 9.76. The van der Waals surface area contributed by atoms with Crippen molar-refractivity contribution in [1.29, 1.82) is 0 Å². The summed E-state index contributed by atoms with van der Waals surface area (Å²) < 4.78 is 11.2. The lowest BCUT2D eigenvalue weighted by Crippen LogP contribution is -2.18. The van der Waals surface area contributed by atoms with Crippen LogP contribution in [0.25, 0.3) is 0 Å². The van der Waals surface area contributed by atoms with Crippen molar-refractivity contribution >= 4 is 49.4 Å². The van der Waals surface area contributed by atoms with Gasteiger partial charge in [0, 0.05) is 23.3 Å². The second kappa shape index (κ2) is 10.4. The van der Waals surface area contributed by atoms with Crippen molar-refractivity contribution in [3.8, 4) is 0 Å². The number of hydrogen-bond acceptors (Lipinski definition) is 7. The molecule has 0 aliphatic rings. The highest BCUT2D eigenvalue weighted by Gasteiger charge is 2.26. The van der Waals surface area contributed by atoms with E-state index >= 15 is 0 Å². The molecule has 2 rings (SSSR count). The largest absolute Gasteiger partial charge is 0.508 e. The first-order valence-corrected chi connectivity index (χ1v) is 11.8. The lowest BCUT2D eigenvalue weighted by atomic mass is 9.83. The van der Waals surface area contributed by atoms with Crippen LogP contribution in [0, 0.1) is 20.2 Å². The minimum atomic E-state index is -0.990. The van der Waals surface area contributed by atoms with Crippen LogP contribution in [-0.2, 0) is 33.5 Å². The molecule has 0 saturated heterocycles. The van der Waals surface area contributed by atoms with E-state index in [-0.39, 0.29) is 35.4 Å². The van der Waals surface area contributed by atoms with Gasteiger partial charge in [-0.15, -0.1) is 0 Å². The zero-order valence-corrected chi connectivity index (χ0v) is 22.9. The third kappa shape index (κ3) is 6.75. The van der Waals surface area contributed by atoms with Crippen LogP contribution in [0.5, 0.6) is 0 Å².